The predicted octanol–water partition coefficient (Wildman–Crippen LogP) is -4.35. The lowest BCUT2D eigenvalue weighted by molar-refractivity contribution is -0.121. The second-order valence-electron chi connectivity index (χ2n) is 8.57. The summed E-state index contributed by atoms with van der Waals surface area (Å²) < 4.78 is 35.3. The third-order valence-electron chi connectivity index (χ3n) is 6.13. The standard InChI is InChI=1S/C18H22N8O10S/c19-13(27)3-7-1-9(15(21)29)23-5-11(7)25(17(23)31)35-37(33,34)36-26-12-6-24(18(26)32)10(16(22)30)2-8(12)4-14(20)28/h1-2,9-12H,3-6H2,(H2,19,27)(H2,20,28)(H2,21,29)(H2,22,30)/t9-,10-,11-,12-/m0/s1. The number of amides is 8. The molecule has 0 spiro atoms. The molecule has 37 heavy (non-hydrogen) atoms. The number of nitrogens with two attached hydrogens (primary N) is 4. The molecule has 0 radical (unpaired) electrons. The van der Waals surface area contributed by atoms with Crippen molar-refractivity contribution in [2.75, 3.05) is 13.1 Å². The molecule has 4 atom stereocenters. The topological polar surface area (TPSA) is 272 Å². The van der Waals surface area contributed by atoms with Crippen LogP contribution in [0.5, 0.6) is 0 Å². The minimum Gasteiger partial charge on any atom is -0.369 e. The van der Waals surface area contributed by atoms with Gasteiger partial charge in [0.2, 0.25) is 23.6 Å². The van der Waals surface area contributed by atoms with Crippen LogP contribution in [-0.2, 0) is 38.1 Å². The number of urea groups is 2. The number of primary amides is 4. The summed E-state index contributed by atoms with van der Waals surface area (Å²) >= 11 is 0. The highest BCUT2D eigenvalue weighted by Crippen LogP contribution is 2.35. The average Bonchev–Trinajstić information content (AvgIpc) is 3.18. The van der Waals surface area contributed by atoms with Crippen LogP contribution in [0.4, 0.5) is 9.59 Å². The van der Waals surface area contributed by atoms with Gasteiger partial charge in [-0.05, 0) is 11.1 Å². The summed E-state index contributed by atoms with van der Waals surface area (Å²) in [4.78, 5) is 74.1. The van der Waals surface area contributed by atoms with Crippen molar-refractivity contribution in [2.24, 2.45) is 22.9 Å². The van der Waals surface area contributed by atoms with Crippen molar-refractivity contribution in [2.45, 2.75) is 37.0 Å². The van der Waals surface area contributed by atoms with Gasteiger partial charge in [0.1, 0.15) is 24.2 Å². The predicted molar refractivity (Wildman–Crippen MR) is 116 cm³/mol. The van der Waals surface area contributed by atoms with Crippen LogP contribution in [0.15, 0.2) is 23.3 Å². The van der Waals surface area contributed by atoms with E-state index in [4.69, 9.17) is 31.5 Å². The maximum atomic E-state index is 12.8. The highest BCUT2D eigenvalue weighted by Gasteiger charge is 2.53. The van der Waals surface area contributed by atoms with Crippen molar-refractivity contribution in [1.29, 1.82) is 0 Å². The molecule has 0 aliphatic carbocycles. The highest BCUT2D eigenvalue weighted by atomic mass is 32.3. The third kappa shape index (κ3) is 4.66. The molecule has 0 aromatic heterocycles. The normalized spacial score (nSPS) is 26.8. The van der Waals surface area contributed by atoms with Crippen molar-refractivity contribution in [3.05, 3.63) is 23.3 Å². The van der Waals surface area contributed by atoms with Gasteiger partial charge in [0, 0.05) is 12.8 Å². The first-order valence-electron chi connectivity index (χ1n) is 10.6. The molecule has 18 nitrogen and oxygen atoms in total. The molecule has 2 saturated heterocycles. The minimum absolute atomic E-state index is 0.101. The second-order valence-corrected chi connectivity index (χ2v) is 9.69. The number of rotatable bonds is 10. The zero-order valence-electron chi connectivity index (χ0n) is 18.9. The summed E-state index contributed by atoms with van der Waals surface area (Å²) in [6.07, 6.45) is 1.55. The molecule has 19 heteroatoms. The number of hydroxylamine groups is 4. The molecule has 4 bridgehead atoms. The molecule has 200 valence electrons. The summed E-state index contributed by atoms with van der Waals surface area (Å²) in [5.74, 6) is -3.56. The van der Waals surface area contributed by atoms with Crippen LogP contribution in [0.3, 0.4) is 0 Å². The molecular formula is C18H22N8O10S. The molecule has 4 heterocycles. The molecule has 8 amide bonds. The van der Waals surface area contributed by atoms with Gasteiger partial charge >= 0.3 is 22.5 Å². The van der Waals surface area contributed by atoms with E-state index >= 15 is 0 Å². The van der Waals surface area contributed by atoms with Crippen LogP contribution in [0.25, 0.3) is 0 Å². The second kappa shape index (κ2) is 9.01. The van der Waals surface area contributed by atoms with E-state index in [1.807, 2.05) is 0 Å². The first kappa shape index (κ1) is 25.9. The molecule has 4 aliphatic heterocycles. The Bertz CT molecular complexity index is 1190. The molecule has 8 N–H and O–H groups in total. The lowest BCUT2D eigenvalue weighted by atomic mass is 9.96. The lowest BCUT2D eigenvalue weighted by Crippen LogP contribution is -2.47. The third-order valence-corrected chi connectivity index (χ3v) is 6.81. The number of nitrogens with zero attached hydrogens (tertiary/aromatic N) is 4. The van der Waals surface area contributed by atoms with Crippen LogP contribution in [0.1, 0.15) is 12.8 Å². The Morgan fingerprint density at radius 2 is 1.11 bits per heavy atom. The van der Waals surface area contributed by atoms with Crippen molar-refractivity contribution >= 4 is 46.1 Å². The van der Waals surface area contributed by atoms with Crippen molar-refractivity contribution < 1.29 is 45.8 Å². The first-order chi connectivity index (χ1) is 17.2. The van der Waals surface area contributed by atoms with Crippen LogP contribution in [-0.4, -0.2) is 101 Å². The summed E-state index contributed by atoms with van der Waals surface area (Å²) in [6, 6.07) is -7.08. The summed E-state index contributed by atoms with van der Waals surface area (Å²) in [7, 11) is -5.23. The zero-order chi connectivity index (χ0) is 27.4. The molecule has 4 rings (SSSR count). The van der Waals surface area contributed by atoms with E-state index in [2.05, 4.69) is 0 Å². The quantitative estimate of drug-likeness (QED) is 0.192. The molecule has 2 fully saturated rings. The molecule has 0 aromatic carbocycles. The fourth-order valence-electron chi connectivity index (χ4n) is 4.61. The van der Waals surface area contributed by atoms with Gasteiger partial charge in [-0.25, -0.2) is 9.59 Å². The molecule has 0 aromatic rings. The highest BCUT2D eigenvalue weighted by molar-refractivity contribution is 7.81. The zero-order valence-corrected chi connectivity index (χ0v) is 19.7. The van der Waals surface area contributed by atoms with Crippen molar-refractivity contribution in [3.8, 4) is 0 Å². The van der Waals surface area contributed by atoms with Crippen LogP contribution in [0.2, 0.25) is 0 Å². The van der Waals surface area contributed by atoms with Gasteiger partial charge < -0.3 is 32.7 Å². The number of carbonyl (C=O) groups excluding carboxylic acids is 6. The van der Waals surface area contributed by atoms with Gasteiger partial charge in [-0.3, -0.25) is 19.2 Å². The molecular weight excluding hydrogens is 520 g/mol. The Hall–Kier alpha value is -4.23. The van der Waals surface area contributed by atoms with Gasteiger partial charge in [-0.2, -0.15) is 18.5 Å². The van der Waals surface area contributed by atoms with E-state index in [0.29, 0.717) is 10.1 Å². The maximum Gasteiger partial charge on any atom is 0.442 e. The van der Waals surface area contributed by atoms with Crippen molar-refractivity contribution in [3.63, 3.8) is 0 Å². The summed E-state index contributed by atoms with van der Waals surface area (Å²) in [5, 5.41) is 0.707. The minimum atomic E-state index is -5.23. The van der Waals surface area contributed by atoms with E-state index in [9.17, 15) is 37.2 Å². The maximum absolute atomic E-state index is 12.8. The van der Waals surface area contributed by atoms with E-state index in [1.54, 1.807) is 0 Å². The van der Waals surface area contributed by atoms with E-state index in [0.717, 1.165) is 9.80 Å². The van der Waals surface area contributed by atoms with Gasteiger partial charge in [0.15, 0.2) is 0 Å². The molecule has 4 aliphatic rings. The van der Waals surface area contributed by atoms with Crippen LogP contribution >= 0.6 is 0 Å². The van der Waals surface area contributed by atoms with Crippen LogP contribution in [0, 0.1) is 0 Å². The Morgan fingerprint density at radius 1 is 0.757 bits per heavy atom. The monoisotopic (exact) mass is 542 g/mol. The molecule has 0 unspecified atom stereocenters. The van der Waals surface area contributed by atoms with Crippen LogP contribution < -0.4 is 22.9 Å². The van der Waals surface area contributed by atoms with E-state index < -0.39 is 83.1 Å². The number of hydrogen-bond donors (Lipinski definition) is 4. The van der Waals surface area contributed by atoms with Gasteiger partial charge in [-0.15, -0.1) is 8.57 Å². The summed E-state index contributed by atoms with van der Waals surface area (Å²) in [6.45, 7) is -0.516. The van der Waals surface area contributed by atoms with Gasteiger partial charge in [0.25, 0.3) is 0 Å². The Balaban J connectivity index is 1.58. The first-order valence-corrected chi connectivity index (χ1v) is 11.9. The van der Waals surface area contributed by atoms with Crippen molar-refractivity contribution in [1.82, 2.24) is 19.9 Å². The smallest absolute Gasteiger partial charge is 0.369 e. The Morgan fingerprint density at radius 3 is 1.41 bits per heavy atom. The Labute approximate surface area is 208 Å². The fourth-order valence-corrected chi connectivity index (χ4v) is 5.37. The summed E-state index contributed by atoms with van der Waals surface area (Å²) in [5.41, 5.74) is 21.3. The largest absolute Gasteiger partial charge is 0.442 e. The SMILES string of the molecule is NC(=O)CC1=C[C@@H](C(N)=O)N2C[C@@H]1N(OS(=O)(=O)ON1C(=O)N3C[C@H]1C(CC(N)=O)=C[C@H]3C(N)=O)C2=O. The van der Waals surface area contributed by atoms with E-state index in [1.165, 1.54) is 12.2 Å². The fraction of sp³-hybridized carbons (Fsp3) is 0.444. The molecule has 0 saturated carbocycles. The Kier molecular flexibility index (Phi) is 6.30. The van der Waals surface area contributed by atoms with E-state index in [-0.39, 0.29) is 24.2 Å². The average molecular weight is 542 g/mol. The van der Waals surface area contributed by atoms with Gasteiger partial charge in [-0.1, -0.05) is 12.2 Å². The number of hydrogen-bond acceptors (Lipinski definition) is 10. The lowest BCUT2D eigenvalue weighted by Gasteiger charge is -2.27. The number of fused-ring (bicyclic) bond motifs is 4. The number of carbonyl (C=O) groups is 6. The van der Waals surface area contributed by atoms with Gasteiger partial charge in [0.05, 0.1) is 13.1 Å².